The fourth-order valence-corrected chi connectivity index (χ4v) is 2.39. The summed E-state index contributed by atoms with van der Waals surface area (Å²) in [6.07, 6.45) is 0. The van der Waals surface area contributed by atoms with Gasteiger partial charge in [-0.05, 0) is 48.1 Å². The van der Waals surface area contributed by atoms with Crippen LogP contribution >= 0.6 is 58.6 Å². The Bertz CT molecular complexity index is 676. The van der Waals surface area contributed by atoms with Crippen LogP contribution in [0.2, 0.25) is 20.1 Å². The van der Waals surface area contributed by atoms with E-state index in [2.05, 4.69) is 10.6 Å². The van der Waals surface area contributed by atoms with Crippen LogP contribution in [0.3, 0.4) is 0 Å². The highest BCUT2D eigenvalue weighted by atomic mass is 35.5. The molecule has 2 N–H and O–H groups in total. The molecule has 0 saturated heterocycles. The van der Waals surface area contributed by atoms with Crippen molar-refractivity contribution in [1.82, 2.24) is 5.32 Å². The normalized spacial score (nSPS) is 10.3. The molecule has 21 heavy (non-hydrogen) atoms. The third kappa shape index (κ3) is 4.90. The average molecular weight is 380 g/mol. The molecular weight excluding hydrogens is 370 g/mol. The van der Waals surface area contributed by atoms with Gasteiger partial charge in [0, 0.05) is 12.2 Å². The van der Waals surface area contributed by atoms with Gasteiger partial charge in [0.2, 0.25) is 0 Å². The lowest BCUT2D eigenvalue weighted by Gasteiger charge is -2.11. The number of halogens is 4. The lowest BCUT2D eigenvalue weighted by molar-refractivity contribution is 0.926. The summed E-state index contributed by atoms with van der Waals surface area (Å²) < 4.78 is 0. The zero-order valence-corrected chi connectivity index (χ0v) is 14.4. The monoisotopic (exact) mass is 378 g/mol. The van der Waals surface area contributed by atoms with Gasteiger partial charge < -0.3 is 10.6 Å². The molecule has 110 valence electrons. The first-order valence-corrected chi connectivity index (χ1v) is 7.81. The van der Waals surface area contributed by atoms with Crippen molar-refractivity contribution in [2.24, 2.45) is 0 Å². The molecule has 0 unspecified atom stereocenters. The maximum atomic E-state index is 5.96. The van der Waals surface area contributed by atoms with Crippen molar-refractivity contribution in [2.75, 3.05) is 5.32 Å². The number of benzene rings is 2. The van der Waals surface area contributed by atoms with Crippen LogP contribution in [0.25, 0.3) is 0 Å². The Labute approximate surface area is 148 Å². The number of hydrogen-bond donors (Lipinski definition) is 2. The SMILES string of the molecule is S=C(NCc1ccc(Cl)c(Cl)c1)Nc1ccc(Cl)c(Cl)c1. The summed E-state index contributed by atoms with van der Waals surface area (Å²) >= 11 is 28.8. The number of thiocarbonyl (C=S) groups is 1. The second-order valence-electron chi connectivity index (χ2n) is 4.19. The molecule has 0 aromatic heterocycles. The van der Waals surface area contributed by atoms with E-state index >= 15 is 0 Å². The zero-order valence-electron chi connectivity index (χ0n) is 10.6. The molecule has 0 fully saturated rings. The molecule has 0 amide bonds. The van der Waals surface area contributed by atoms with Gasteiger partial charge in [-0.3, -0.25) is 0 Å². The first-order valence-electron chi connectivity index (χ1n) is 5.89. The van der Waals surface area contributed by atoms with Gasteiger partial charge in [-0.15, -0.1) is 0 Å². The third-order valence-electron chi connectivity index (χ3n) is 2.61. The van der Waals surface area contributed by atoms with E-state index in [0.717, 1.165) is 11.3 Å². The van der Waals surface area contributed by atoms with Gasteiger partial charge in [0.05, 0.1) is 20.1 Å². The predicted octanol–water partition coefficient (Wildman–Crippen LogP) is 5.79. The van der Waals surface area contributed by atoms with E-state index in [9.17, 15) is 0 Å². The molecule has 0 saturated carbocycles. The van der Waals surface area contributed by atoms with E-state index in [4.69, 9.17) is 58.6 Å². The van der Waals surface area contributed by atoms with Crippen molar-refractivity contribution in [3.05, 3.63) is 62.1 Å². The van der Waals surface area contributed by atoms with Gasteiger partial charge >= 0.3 is 0 Å². The summed E-state index contributed by atoms with van der Waals surface area (Å²) in [6.45, 7) is 0.532. The molecule has 2 aromatic carbocycles. The highest BCUT2D eigenvalue weighted by Crippen LogP contribution is 2.25. The van der Waals surface area contributed by atoms with Crippen LogP contribution in [0.5, 0.6) is 0 Å². The number of hydrogen-bond acceptors (Lipinski definition) is 1. The maximum Gasteiger partial charge on any atom is 0.171 e. The van der Waals surface area contributed by atoms with E-state index in [0.29, 0.717) is 31.7 Å². The van der Waals surface area contributed by atoms with Gasteiger partial charge in [0.25, 0.3) is 0 Å². The quantitative estimate of drug-likeness (QED) is 0.660. The number of anilines is 1. The molecule has 0 atom stereocenters. The fourth-order valence-electron chi connectivity index (χ4n) is 1.58. The minimum atomic E-state index is 0.467. The lowest BCUT2D eigenvalue weighted by atomic mass is 10.2. The summed E-state index contributed by atoms with van der Waals surface area (Å²) in [5, 5.41) is 8.57. The molecule has 7 heteroatoms. The van der Waals surface area contributed by atoms with Crippen LogP contribution in [0.4, 0.5) is 5.69 Å². The Kier molecular flexibility index (Phi) is 5.97. The van der Waals surface area contributed by atoms with E-state index in [1.807, 2.05) is 6.07 Å². The third-order valence-corrected chi connectivity index (χ3v) is 4.34. The molecular formula is C14H10Cl4N2S. The minimum absolute atomic E-state index is 0.467. The van der Waals surface area contributed by atoms with Crippen LogP contribution < -0.4 is 10.6 Å². The summed E-state index contributed by atoms with van der Waals surface area (Å²) in [5.74, 6) is 0. The van der Waals surface area contributed by atoms with Crippen LogP contribution in [0.15, 0.2) is 36.4 Å². The fraction of sp³-hybridized carbons (Fsp3) is 0.0714. The molecule has 0 spiro atoms. The standard InChI is InChI=1S/C14H10Cl4N2S/c15-10-3-1-8(5-12(10)17)7-19-14(21)20-9-2-4-11(16)13(18)6-9/h1-6H,7H2,(H2,19,20,21). The Morgan fingerprint density at radius 3 is 2.10 bits per heavy atom. The predicted molar refractivity (Wildman–Crippen MR) is 96.0 cm³/mol. The van der Waals surface area contributed by atoms with Crippen molar-refractivity contribution in [1.29, 1.82) is 0 Å². The van der Waals surface area contributed by atoms with E-state index in [1.165, 1.54) is 0 Å². The van der Waals surface area contributed by atoms with Crippen LogP contribution in [0.1, 0.15) is 5.56 Å². The molecule has 0 aliphatic carbocycles. The van der Waals surface area contributed by atoms with E-state index < -0.39 is 0 Å². The van der Waals surface area contributed by atoms with Crippen molar-refractivity contribution in [2.45, 2.75) is 6.54 Å². The molecule has 2 nitrogen and oxygen atoms in total. The second-order valence-corrected chi connectivity index (χ2v) is 6.22. The summed E-state index contributed by atoms with van der Waals surface area (Å²) in [5.41, 5.74) is 1.73. The van der Waals surface area contributed by atoms with Crippen molar-refractivity contribution >= 4 is 69.4 Å². The summed E-state index contributed by atoms with van der Waals surface area (Å²) in [4.78, 5) is 0. The summed E-state index contributed by atoms with van der Waals surface area (Å²) in [7, 11) is 0. The van der Waals surface area contributed by atoms with Gasteiger partial charge in [0.15, 0.2) is 5.11 Å². The van der Waals surface area contributed by atoms with E-state index in [-0.39, 0.29) is 0 Å². The van der Waals surface area contributed by atoms with Crippen LogP contribution in [0, 0.1) is 0 Å². The second kappa shape index (κ2) is 7.52. The molecule has 0 radical (unpaired) electrons. The molecule has 0 heterocycles. The van der Waals surface area contributed by atoms with Gasteiger partial charge in [-0.1, -0.05) is 52.5 Å². The molecule has 0 bridgehead atoms. The Balaban J connectivity index is 1.92. The number of rotatable bonds is 3. The first kappa shape index (κ1) is 16.7. The number of nitrogens with one attached hydrogen (secondary N) is 2. The first-order chi connectivity index (χ1) is 9.95. The smallest absolute Gasteiger partial charge is 0.171 e. The Morgan fingerprint density at radius 2 is 1.48 bits per heavy atom. The van der Waals surface area contributed by atoms with Gasteiger partial charge in [-0.25, -0.2) is 0 Å². The highest BCUT2D eigenvalue weighted by molar-refractivity contribution is 7.80. The molecule has 2 aromatic rings. The van der Waals surface area contributed by atoms with Crippen molar-refractivity contribution in [3.8, 4) is 0 Å². The Hall–Kier alpha value is -0.710. The maximum absolute atomic E-state index is 5.96. The minimum Gasteiger partial charge on any atom is -0.358 e. The molecule has 0 aliphatic heterocycles. The van der Waals surface area contributed by atoms with E-state index in [1.54, 1.807) is 30.3 Å². The zero-order chi connectivity index (χ0) is 15.4. The Morgan fingerprint density at radius 1 is 0.857 bits per heavy atom. The highest BCUT2D eigenvalue weighted by Gasteiger charge is 2.03. The summed E-state index contributed by atoms with van der Waals surface area (Å²) in [6, 6.07) is 10.6. The average Bonchev–Trinajstić information content (AvgIpc) is 2.44. The largest absolute Gasteiger partial charge is 0.358 e. The lowest BCUT2D eigenvalue weighted by Crippen LogP contribution is -2.27. The van der Waals surface area contributed by atoms with Gasteiger partial charge in [0.1, 0.15) is 0 Å². The van der Waals surface area contributed by atoms with Crippen LogP contribution in [-0.2, 0) is 6.54 Å². The van der Waals surface area contributed by atoms with Crippen molar-refractivity contribution < 1.29 is 0 Å². The van der Waals surface area contributed by atoms with Gasteiger partial charge in [-0.2, -0.15) is 0 Å². The van der Waals surface area contributed by atoms with Crippen LogP contribution in [-0.4, -0.2) is 5.11 Å². The molecule has 2 rings (SSSR count). The topological polar surface area (TPSA) is 24.1 Å². The van der Waals surface area contributed by atoms with Crippen molar-refractivity contribution in [3.63, 3.8) is 0 Å². The molecule has 0 aliphatic rings.